The normalized spacial score (nSPS) is 21.9. The van der Waals surface area contributed by atoms with Crippen molar-refractivity contribution in [2.45, 2.75) is 25.2 Å². The summed E-state index contributed by atoms with van der Waals surface area (Å²) in [6.07, 6.45) is -1.31. The zero-order valence-electron chi connectivity index (χ0n) is 19.2. The lowest BCUT2D eigenvalue weighted by Crippen LogP contribution is -2.44. The summed E-state index contributed by atoms with van der Waals surface area (Å²) in [6, 6.07) is 21.8. The van der Waals surface area contributed by atoms with Crippen LogP contribution < -0.4 is 10.3 Å². The molecule has 0 aliphatic carbocycles. The van der Waals surface area contributed by atoms with Crippen molar-refractivity contribution in [1.29, 1.82) is 0 Å². The van der Waals surface area contributed by atoms with E-state index in [9.17, 15) is 14.7 Å². The molecule has 0 unspecified atom stereocenters. The number of aryl methyl sites for hydroxylation is 1. The Morgan fingerprint density at radius 1 is 1.03 bits per heavy atom. The first-order chi connectivity index (χ1) is 16.9. The molecule has 4 aromatic rings. The van der Waals surface area contributed by atoms with Gasteiger partial charge in [-0.3, -0.25) is 9.59 Å². The van der Waals surface area contributed by atoms with Gasteiger partial charge in [0.05, 0.1) is 23.2 Å². The highest BCUT2D eigenvalue weighted by Crippen LogP contribution is 2.50. The van der Waals surface area contributed by atoms with E-state index >= 15 is 0 Å². The van der Waals surface area contributed by atoms with Crippen LogP contribution in [0.5, 0.6) is 0 Å². The number of aliphatic imine (C=N–C) groups is 1. The average molecular weight is 466 g/mol. The minimum Gasteiger partial charge on any atom is -0.463 e. The topological polar surface area (TPSA) is 92.3 Å². The summed E-state index contributed by atoms with van der Waals surface area (Å²) in [5.41, 5.74) is 0.766. The molecular formula is C28H22N2O5. The lowest BCUT2D eigenvalue weighted by atomic mass is 9.85. The fourth-order valence-corrected chi connectivity index (χ4v) is 4.92. The molecular weight excluding hydrogens is 444 g/mol. The van der Waals surface area contributed by atoms with Crippen molar-refractivity contribution in [3.63, 3.8) is 0 Å². The number of para-hydroxylation sites is 1. The van der Waals surface area contributed by atoms with Gasteiger partial charge in [-0.2, -0.15) is 0 Å². The van der Waals surface area contributed by atoms with E-state index < -0.39 is 17.6 Å². The first-order valence-corrected chi connectivity index (χ1v) is 11.3. The molecule has 1 amide bonds. The third-order valence-corrected chi connectivity index (χ3v) is 6.70. The van der Waals surface area contributed by atoms with Crippen molar-refractivity contribution in [2.75, 3.05) is 11.9 Å². The number of fused-ring (bicyclic) bond motifs is 3. The maximum Gasteiger partial charge on any atom is 0.267 e. The zero-order valence-corrected chi connectivity index (χ0v) is 19.2. The molecule has 0 radical (unpaired) electrons. The molecule has 6 rings (SSSR count). The van der Waals surface area contributed by atoms with Crippen LogP contribution in [0.2, 0.25) is 0 Å². The Morgan fingerprint density at radius 3 is 2.57 bits per heavy atom. The van der Waals surface area contributed by atoms with E-state index in [1.807, 2.05) is 43.3 Å². The molecule has 3 heterocycles. The summed E-state index contributed by atoms with van der Waals surface area (Å²) in [5.74, 6) is -0.357. The molecule has 0 spiro atoms. The van der Waals surface area contributed by atoms with Gasteiger partial charge in [-0.25, -0.2) is 4.99 Å². The predicted octanol–water partition coefficient (Wildman–Crippen LogP) is 3.98. The van der Waals surface area contributed by atoms with Gasteiger partial charge in [0.25, 0.3) is 11.8 Å². The second kappa shape index (κ2) is 7.65. The molecule has 0 bridgehead atoms. The van der Waals surface area contributed by atoms with Crippen LogP contribution >= 0.6 is 0 Å². The molecule has 1 aromatic heterocycles. The number of hydrogen-bond acceptors (Lipinski definition) is 6. The van der Waals surface area contributed by atoms with Gasteiger partial charge in [0, 0.05) is 12.6 Å². The highest BCUT2D eigenvalue weighted by Gasteiger charge is 2.60. The van der Waals surface area contributed by atoms with E-state index in [4.69, 9.17) is 9.15 Å². The third kappa shape index (κ3) is 3.05. The molecule has 0 saturated heterocycles. The third-order valence-electron chi connectivity index (χ3n) is 6.70. The second-order valence-corrected chi connectivity index (χ2v) is 8.93. The molecule has 2 aliphatic rings. The predicted molar refractivity (Wildman–Crippen MR) is 131 cm³/mol. The fraction of sp³-hybridized carbons (Fsp3) is 0.179. The van der Waals surface area contributed by atoms with Crippen molar-refractivity contribution in [1.82, 2.24) is 0 Å². The van der Waals surface area contributed by atoms with Crippen LogP contribution in [0.1, 0.15) is 34.1 Å². The van der Waals surface area contributed by atoms with Gasteiger partial charge in [0.2, 0.25) is 11.0 Å². The van der Waals surface area contributed by atoms with Gasteiger partial charge in [-0.05, 0) is 30.7 Å². The Hall–Kier alpha value is -4.23. The molecule has 7 nitrogen and oxygen atoms in total. The number of carbonyl (C=O) groups is 1. The fourth-order valence-electron chi connectivity index (χ4n) is 4.92. The van der Waals surface area contributed by atoms with E-state index in [0.29, 0.717) is 22.2 Å². The molecule has 1 N–H and O–H groups in total. The first-order valence-electron chi connectivity index (χ1n) is 11.3. The standard InChI is InChI=1S/C28H22N2O5/c1-16-12-13-21-18(14-16)23(31)22-24(34-21)26(29-15-17-8-4-3-5-9-17)35-25(22)28(33)19-10-6-7-11-20(19)30(2)27(28)32/h3-14,25,33H,15H2,1-2H3/t25-,28-/m1/s1. The van der Waals surface area contributed by atoms with Gasteiger partial charge >= 0.3 is 0 Å². The molecule has 174 valence electrons. The lowest BCUT2D eigenvalue weighted by Gasteiger charge is -2.27. The SMILES string of the molecule is Cc1ccc2oc3c(c(=O)c2c1)[C@H]([C@@]1(O)C(=O)N(C)c2ccccc21)OC3=NCc1ccccc1. The molecule has 7 heteroatoms. The summed E-state index contributed by atoms with van der Waals surface area (Å²) in [5, 5.41) is 12.3. The second-order valence-electron chi connectivity index (χ2n) is 8.93. The highest BCUT2D eigenvalue weighted by molar-refractivity contribution is 6.08. The minimum absolute atomic E-state index is 0.0849. The van der Waals surface area contributed by atoms with E-state index in [-0.39, 0.29) is 29.2 Å². The maximum atomic E-state index is 13.8. The number of benzene rings is 3. The van der Waals surface area contributed by atoms with Gasteiger partial charge < -0.3 is 19.2 Å². The first kappa shape index (κ1) is 21.3. The van der Waals surface area contributed by atoms with Crippen LogP contribution in [0.3, 0.4) is 0 Å². The van der Waals surface area contributed by atoms with Crippen LogP contribution in [-0.2, 0) is 21.7 Å². The lowest BCUT2D eigenvalue weighted by molar-refractivity contribution is -0.147. The van der Waals surface area contributed by atoms with E-state index in [1.54, 1.807) is 43.4 Å². The Labute approximate surface area is 200 Å². The molecule has 0 saturated carbocycles. The van der Waals surface area contributed by atoms with Crippen LogP contribution in [0, 0.1) is 6.92 Å². The van der Waals surface area contributed by atoms with Crippen LogP contribution in [0.4, 0.5) is 5.69 Å². The highest BCUT2D eigenvalue weighted by atomic mass is 16.5. The van der Waals surface area contributed by atoms with Crippen LogP contribution in [-0.4, -0.2) is 24.0 Å². The van der Waals surface area contributed by atoms with Crippen molar-refractivity contribution in [3.8, 4) is 0 Å². The maximum absolute atomic E-state index is 13.8. The number of rotatable bonds is 3. The number of carbonyl (C=O) groups excluding carboxylic acids is 1. The summed E-state index contributed by atoms with van der Waals surface area (Å²) in [4.78, 5) is 33.1. The van der Waals surface area contributed by atoms with E-state index in [2.05, 4.69) is 4.99 Å². The van der Waals surface area contributed by atoms with Gasteiger partial charge in [-0.1, -0.05) is 60.2 Å². The summed E-state index contributed by atoms with van der Waals surface area (Å²) >= 11 is 0. The van der Waals surface area contributed by atoms with E-state index in [0.717, 1.165) is 11.1 Å². The number of amides is 1. The Balaban J connectivity index is 1.58. The minimum atomic E-state index is -2.11. The zero-order chi connectivity index (χ0) is 24.3. The molecule has 35 heavy (non-hydrogen) atoms. The van der Waals surface area contributed by atoms with Crippen LogP contribution in [0.25, 0.3) is 11.0 Å². The number of anilines is 1. The van der Waals surface area contributed by atoms with E-state index in [1.165, 1.54) is 4.90 Å². The molecule has 0 fully saturated rings. The Morgan fingerprint density at radius 2 is 1.77 bits per heavy atom. The number of nitrogens with zero attached hydrogens (tertiary/aromatic N) is 2. The average Bonchev–Trinajstić information content (AvgIpc) is 3.34. The summed E-state index contributed by atoms with van der Waals surface area (Å²) < 4.78 is 12.3. The number of ether oxygens (including phenoxy) is 1. The van der Waals surface area contributed by atoms with Gasteiger partial charge in [0.15, 0.2) is 11.9 Å². The smallest absolute Gasteiger partial charge is 0.267 e. The Kier molecular flexibility index (Phi) is 4.66. The van der Waals surface area contributed by atoms with Gasteiger partial charge in [-0.15, -0.1) is 0 Å². The van der Waals surface area contributed by atoms with Crippen molar-refractivity contribution >= 4 is 28.5 Å². The molecule has 3 aromatic carbocycles. The molecule has 2 atom stereocenters. The summed E-state index contributed by atoms with van der Waals surface area (Å²) in [7, 11) is 1.59. The summed E-state index contributed by atoms with van der Waals surface area (Å²) in [6.45, 7) is 2.16. The Bertz CT molecular complexity index is 1590. The van der Waals surface area contributed by atoms with Crippen molar-refractivity contribution < 1.29 is 19.1 Å². The monoisotopic (exact) mass is 466 g/mol. The number of likely N-dealkylation sites (N-methyl/N-ethyl adjacent to an activating group) is 1. The number of aliphatic hydroxyl groups is 1. The van der Waals surface area contributed by atoms with Crippen LogP contribution in [0.15, 0.2) is 87.0 Å². The molecule has 2 aliphatic heterocycles. The van der Waals surface area contributed by atoms with Gasteiger partial charge in [0.1, 0.15) is 5.58 Å². The van der Waals surface area contributed by atoms with Crippen molar-refractivity contribution in [3.05, 3.63) is 111 Å². The quantitative estimate of drug-likeness (QED) is 0.493. The number of hydrogen-bond donors (Lipinski definition) is 1. The van der Waals surface area contributed by atoms with Crippen molar-refractivity contribution in [2.24, 2.45) is 4.99 Å². The largest absolute Gasteiger partial charge is 0.463 e.